The number of hydrogen-bond acceptors (Lipinski definition) is 2. The number of carbonyl (C=O) groups excluding carboxylic acids is 1. The van der Waals surface area contributed by atoms with Crippen LogP contribution in [0.3, 0.4) is 0 Å². The molecule has 1 amide bonds. The number of halogens is 3. The molecule has 1 fully saturated rings. The quantitative estimate of drug-likeness (QED) is 0.496. The molecule has 1 unspecified atom stereocenters. The number of nitrogens with zero attached hydrogens (tertiary/aromatic N) is 1. The van der Waals surface area contributed by atoms with Crippen LogP contribution in [-0.2, 0) is 11.2 Å². The van der Waals surface area contributed by atoms with E-state index in [1.807, 2.05) is 0 Å². The number of unbranched alkanes of at least 4 members (excludes halogenated alkanes) is 7. The SMILES string of the molecule is CCCCCCCCCCc1ccc(C(N2CCC(=O)N2)C(F)(F)F)cc1. The third kappa shape index (κ3) is 7.17. The van der Waals surface area contributed by atoms with E-state index in [0.29, 0.717) is 0 Å². The lowest BCUT2D eigenvalue weighted by atomic mass is 10.0. The Labute approximate surface area is 160 Å². The highest BCUT2D eigenvalue weighted by molar-refractivity contribution is 5.77. The second kappa shape index (κ2) is 10.7. The molecule has 0 radical (unpaired) electrons. The third-order valence-electron chi connectivity index (χ3n) is 5.08. The summed E-state index contributed by atoms with van der Waals surface area (Å²) in [7, 11) is 0. The molecule has 0 aliphatic carbocycles. The van der Waals surface area contributed by atoms with Gasteiger partial charge in [0.2, 0.25) is 5.91 Å². The van der Waals surface area contributed by atoms with Gasteiger partial charge in [-0.3, -0.25) is 10.2 Å². The van der Waals surface area contributed by atoms with Crippen molar-refractivity contribution in [3.63, 3.8) is 0 Å². The Hall–Kier alpha value is -1.56. The maximum absolute atomic E-state index is 13.5. The number of rotatable bonds is 11. The average molecular weight is 384 g/mol. The molecule has 152 valence electrons. The van der Waals surface area contributed by atoms with Crippen molar-refractivity contribution < 1.29 is 18.0 Å². The van der Waals surface area contributed by atoms with Gasteiger partial charge in [-0.1, -0.05) is 76.1 Å². The second-order valence-corrected chi connectivity index (χ2v) is 7.39. The zero-order valence-electron chi connectivity index (χ0n) is 16.2. The van der Waals surface area contributed by atoms with E-state index in [4.69, 9.17) is 0 Å². The zero-order valence-corrected chi connectivity index (χ0v) is 16.2. The van der Waals surface area contributed by atoms with E-state index >= 15 is 0 Å². The maximum Gasteiger partial charge on any atom is 0.409 e. The van der Waals surface area contributed by atoms with Crippen molar-refractivity contribution in [1.29, 1.82) is 0 Å². The highest BCUT2D eigenvalue weighted by Gasteiger charge is 2.46. The van der Waals surface area contributed by atoms with Crippen LogP contribution in [0.4, 0.5) is 13.2 Å². The van der Waals surface area contributed by atoms with Crippen molar-refractivity contribution in [1.82, 2.24) is 10.4 Å². The monoisotopic (exact) mass is 384 g/mol. The lowest BCUT2D eigenvalue weighted by Gasteiger charge is -2.29. The Morgan fingerprint density at radius 2 is 1.59 bits per heavy atom. The molecule has 27 heavy (non-hydrogen) atoms. The predicted octanol–water partition coefficient (Wildman–Crippen LogP) is 5.71. The number of nitrogens with one attached hydrogen (secondary N) is 1. The van der Waals surface area contributed by atoms with E-state index in [0.717, 1.165) is 23.4 Å². The summed E-state index contributed by atoms with van der Waals surface area (Å²) in [5.74, 6) is -0.365. The Kier molecular flexibility index (Phi) is 8.61. The molecule has 2 rings (SSSR count). The van der Waals surface area contributed by atoms with Crippen molar-refractivity contribution >= 4 is 5.91 Å². The summed E-state index contributed by atoms with van der Waals surface area (Å²) in [4.78, 5) is 11.3. The normalized spacial score (nSPS) is 16.5. The fraction of sp³-hybridized carbons (Fsp3) is 0.667. The fourth-order valence-corrected chi connectivity index (χ4v) is 3.56. The summed E-state index contributed by atoms with van der Waals surface area (Å²) in [6, 6.07) is 4.87. The minimum absolute atomic E-state index is 0.0724. The van der Waals surface area contributed by atoms with Crippen LogP contribution in [0.25, 0.3) is 0 Å². The van der Waals surface area contributed by atoms with Gasteiger partial charge in [-0.2, -0.15) is 13.2 Å². The molecule has 1 aliphatic rings. The molecule has 0 saturated carbocycles. The van der Waals surface area contributed by atoms with E-state index in [-0.39, 0.29) is 24.4 Å². The lowest BCUT2D eigenvalue weighted by Crippen LogP contribution is -2.43. The number of alkyl halides is 3. The van der Waals surface area contributed by atoms with Crippen LogP contribution >= 0.6 is 0 Å². The van der Waals surface area contributed by atoms with Gasteiger partial charge in [0, 0.05) is 13.0 Å². The summed E-state index contributed by atoms with van der Waals surface area (Å²) in [6.45, 7) is 2.28. The Balaban J connectivity index is 1.81. The van der Waals surface area contributed by atoms with Crippen molar-refractivity contribution in [3.8, 4) is 0 Å². The van der Waals surface area contributed by atoms with Crippen molar-refractivity contribution in [2.75, 3.05) is 6.54 Å². The van der Waals surface area contributed by atoms with E-state index < -0.39 is 12.2 Å². The fourth-order valence-electron chi connectivity index (χ4n) is 3.56. The summed E-state index contributed by atoms with van der Waals surface area (Å²) < 4.78 is 40.5. The van der Waals surface area contributed by atoms with Gasteiger partial charge in [0.05, 0.1) is 0 Å². The topological polar surface area (TPSA) is 32.3 Å². The van der Waals surface area contributed by atoms with Crippen LogP contribution in [-0.4, -0.2) is 23.6 Å². The second-order valence-electron chi connectivity index (χ2n) is 7.39. The van der Waals surface area contributed by atoms with Gasteiger partial charge in [-0.05, 0) is 24.0 Å². The highest BCUT2D eigenvalue weighted by atomic mass is 19.4. The van der Waals surface area contributed by atoms with Crippen molar-refractivity contribution in [2.24, 2.45) is 0 Å². The molecule has 1 saturated heterocycles. The van der Waals surface area contributed by atoms with Crippen LogP contribution in [0.2, 0.25) is 0 Å². The first-order chi connectivity index (χ1) is 12.9. The van der Waals surface area contributed by atoms with Crippen LogP contribution in [0, 0.1) is 0 Å². The van der Waals surface area contributed by atoms with Gasteiger partial charge < -0.3 is 0 Å². The predicted molar refractivity (Wildman–Crippen MR) is 101 cm³/mol. The molecule has 3 nitrogen and oxygen atoms in total. The van der Waals surface area contributed by atoms with E-state index in [1.165, 1.54) is 44.9 Å². The van der Waals surface area contributed by atoms with Gasteiger partial charge in [0.15, 0.2) is 0 Å². The molecule has 0 bridgehead atoms. The first-order valence-electron chi connectivity index (χ1n) is 10.1. The molecule has 0 spiro atoms. The molecule has 1 atom stereocenters. The molecule has 1 aromatic carbocycles. The van der Waals surface area contributed by atoms with Crippen molar-refractivity contribution in [2.45, 2.75) is 83.4 Å². The number of amides is 1. The number of carbonyl (C=O) groups is 1. The maximum atomic E-state index is 13.5. The number of hydrazine groups is 1. The van der Waals surface area contributed by atoms with Crippen LogP contribution in [0.1, 0.15) is 81.9 Å². The first kappa shape index (κ1) is 21.7. The van der Waals surface area contributed by atoms with Crippen LogP contribution in [0.15, 0.2) is 24.3 Å². The number of aryl methyl sites for hydroxylation is 1. The number of benzene rings is 1. The number of hydrogen-bond donors (Lipinski definition) is 1. The molecule has 1 heterocycles. The van der Waals surface area contributed by atoms with Gasteiger partial charge in [-0.15, -0.1) is 0 Å². The molecule has 1 aromatic rings. The molecule has 6 heteroatoms. The largest absolute Gasteiger partial charge is 0.409 e. The first-order valence-corrected chi connectivity index (χ1v) is 10.1. The standard InChI is InChI=1S/C21H31F3N2O/c1-2-3-4-5-6-7-8-9-10-17-11-13-18(14-12-17)20(21(22,23)24)26-16-15-19(27)25-26/h11-14,20H,2-10,15-16H2,1H3,(H,25,27). The smallest absolute Gasteiger partial charge is 0.288 e. The summed E-state index contributed by atoms with van der Waals surface area (Å²) >= 11 is 0. The van der Waals surface area contributed by atoms with Gasteiger partial charge >= 0.3 is 6.18 Å². The highest BCUT2D eigenvalue weighted by Crippen LogP contribution is 2.38. The van der Waals surface area contributed by atoms with Crippen LogP contribution < -0.4 is 5.43 Å². The van der Waals surface area contributed by atoms with Crippen LogP contribution in [0.5, 0.6) is 0 Å². The molecule has 1 aliphatic heterocycles. The Morgan fingerprint density at radius 1 is 1.00 bits per heavy atom. The Bertz CT molecular complexity index is 572. The molecular formula is C21H31F3N2O. The third-order valence-corrected chi connectivity index (χ3v) is 5.08. The summed E-state index contributed by atoms with van der Waals surface area (Å²) in [5, 5.41) is 0.996. The average Bonchev–Trinajstić information content (AvgIpc) is 3.03. The van der Waals surface area contributed by atoms with Crippen molar-refractivity contribution in [3.05, 3.63) is 35.4 Å². The summed E-state index contributed by atoms with van der Waals surface area (Å²) in [6.07, 6.45) is 6.48. The Morgan fingerprint density at radius 3 is 2.11 bits per heavy atom. The van der Waals surface area contributed by atoms with Gasteiger partial charge in [-0.25, -0.2) is 5.01 Å². The van der Waals surface area contributed by atoms with E-state index in [9.17, 15) is 18.0 Å². The lowest BCUT2D eigenvalue weighted by molar-refractivity contribution is -0.191. The summed E-state index contributed by atoms with van der Waals surface area (Å²) in [5.41, 5.74) is 3.55. The van der Waals surface area contributed by atoms with E-state index in [1.54, 1.807) is 24.3 Å². The van der Waals surface area contributed by atoms with Gasteiger partial charge in [0.25, 0.3) is 0 Å². The molecule has 0 aromatic heterocycles. The minimum atomic E-state index is -4.43. The van der Waals surface area contributed by atoms with E-state index in [2.05, 4.69) is 12.3 Å². The zero-order chi connectivity index (χ0) is 19.7. The van der Waals surface area contributed by atoms with Gasteiger partial charge in [0.1, 0.15) is 6.04 Å². The molecule has 1 N–H and O–H groups in total. The minimum Gasteiger partial charge on any atom is -0.288 e. The molecular weight excluding hydrogens is 353 g/mol.